The zero-order valence-corrected chi connectivity index (χ0v) is 16.7. The van der Waals surface area contributed by atoms with Gasteiger partial charge in [0.2, 0.25) is 5.89 Å². The zero-order chi connectivity index (χ0) is 19.8. The molecule has 1 atom stereocenters. The molecule has 0 fully saturated rings. The van der Waals surface area contributed by atoms with Crippen molar-refractivity contribution in [2.24, 2.45) is 0 Å². The molecule has 0 unspecified atom stereocenters. The molecule has 29 heavy (non-hydrogen) atoms. The van der Waals surface area contributed by atoms with Gasteiger partial charge in [-0.3, -0.25) is 9.78 Å². The number of rotatable bonds is 5. The molecule has 0 aromatic carbocycles. The highest BCUT2D eigenvalue weighted by molar-refractivity contribution is 7.99. The molecule has 0 aliphatic rings. The minimum absolute atomic E-state index is 0.191. The Labute approximate surface area is 172 Å². The van der Waals surface area contributed by atoms with Crippen LogP contribution >= 0.6 is 23.1 Å². The van der Waals surface area contributed by atoms with E-state index in [0.29, 0.717) is 32.9 Å². The highest BCUT2D eigenvalue weighted by Crippen LogP contribution is 2.35. The molecular formula is C19H13N5O3S2. The van der Waals surface area contributed by atoms with Crippen molar-refractivity contribution in [3.05, 3.63) is 64.5 Å². The minimum atomic E-state index is -0.202. The van der Waals surface area contributed by atoms with E-state index in [9.17, 15) is 4.79 Å². The molecule has 0 spiro atoms. The molecule has 5 rings (SSSR count). The number of aromatic amines is 1. The van der Waals surface area contributed by atoms with Gasteiger partial charge in [0.1, 0.15) is 16.4 Å². The van der Waals surface area contributed by atoms with Crippen molar-refractivity contribution in [2.75, 3.05) is 0 Å². The van der Waals surface area contributed by atoms with E-state index in [4.69, 9.17) is 8.83 Å². The van der Waals surface area contributed by atoms with Gasteiger partial charge in [0.15, 0.2) is 0 Å². The van der Waals surface area contributed by atoms with Gasteiger partial charge in [-0.05, 0) is 31.2 Å². The second-order valence-electron chi connectivity index (χ2n) is 6.13. The van der Waals surface area contributed by atoms with Gasteiger partial charge < -0.3 is 13.8 Å². The Morgan fingerprint density at radius 3 is 2.97 bits per heavy atom. The summed E-state index contributed by atoms with van der Waals surface area (Å²) in [5.41, 5.74) is 1.29. The van der Waals surface area contributed by atoms with Crippen molar-refractivity contribution in [3.8, 4) is 22.8 Å². The van der Waals surface area contributed by atoms with E-state index in [-0.39, 0.29) is 10.8 Å². The molecule has 10 heteroatoms. The number of hydrogen-bond acceptors (Lipinski definition) is 9. The standard InChI is InChI=1S/C19H13N5O3S2/c1-10(29-19-24-23-17(27-19)11-4-2-6-20-8-11)15-21-16(25)14-12(9-28-18(14)22-15)13-5-3-7-26-13/h2-10H,1H3,(H,21,22,25)/t10-/m0/s1. The van der Waals surface area contributed by atoms with Crippen molar-refractivity contribution < 1.29 is 8.83 Å². The van der Waals surface area contributed by atoms with Gasteiger partial charge in [0.25, 0.3) is 10.8 Å². The quantitative estimate of drug-likeness (QED) is 0.410. The molecule has 5 aromatic rings. The lowest BCUT2D eigenvalue weighted by Crippen LogP contribution is -2.12. The van der Waals surface area contributed by atoms with Crippen molar-refractivity contribution >= 4 is 33.3 Å². The van der Waals surface area contributed by atoms with Crippen LogP contribution in [0.4, 0.5) is 0 Å². The summed E-state index contributed by atoms with van der Waals surface area (Å²) in [5, 5.41) is 10.7. The maximum absolute atomic E-state index is 12.7. The van der Waals surface area contributed by atoms with E-state index in [2.05, 4.69) is 25.1 Å². The van der Waals surface area contributed by atoms with E-state index in [0.717, 1.165) is 11.1 Å². The molecule has 0 saturated heterocycles. The van der Waals surface area contributed by atoms with E-state index in [1.807, 2.05) is 24.4 Å². The molecule has 5 aromatic heterocycles. The van der Waals surface area contributed by atoms with E-state index < -0.39 is 0 Å². The Morgan fingerprint density at radius 1 is 1.24 bits per heavy atom. The Morgan fingerprint density at radius 2 is 2.17 bits per heavy atom. The highest BCUT2D eigenvalue weighted by Gasteiger charge is 2.20. The smallest absolute Gasteiger partial charge is 0.277 e. The van der Waals surface area contributed by atoms with Crippen LogP contribution in [0.25, 0.3) is 33.0 Å². The number of aromatic nitrogens is 5. The first kappa shape index (κ1) is 17.8. The molecule has 8 nitrogen and oxygen atoms in total. The van der Waals surface area contributed by atoms with Crippen LogP contribution in [0.3, 0.4) is 0 Å². The first-order valence-corrected chi connectivity index (χ1v) is 10.4. The number of nitrogens with one attached hydrogen (secondary N) is 1. The normalized spacial score (nSPS) is 12.4. The molecule has 0 saturated carbocycles. The largest absolute Gasteiger partial charge is 0.464 e. The van der Waals surface area contributed by atoms with Crippen LogP contribution in [0, 0.1) is 0 Å². The van der Waals surface area contributed by atoms with Gasteiger partial charge >= 0.3 is 0 Å². The number of H-pyrrole nitrogens is 1. The van der Waals surface area contributed by atoms with E-state index in [1.165, 1.54) is 23.1 Å². The Balaban J connectivity index is 1.42. The fourth-order valence-corrected chi connectivity index (χ4v) is 4.52. The third-order valence-corrected chi connectivity index (χ3v) is 6.04. The van der Waals surface area contributed by atoms with Crippen molar-refractivity contribution in [1.29, 1.82) is 0 Å². The number of fused-ring (bicyclic) bond motifs is 1. The summed E-state index contributed by atoms with van der Waals surface area (Å²) < 4.78 is 11.1. The van der Waals surface area contributed by atoms with Crippen molar-refractivity contribution in [2.45, 2.75) is 17.4 Å². The summed E-state index contributed by atoms with van der Waals surface area (Å²) in [4.78, 5) is 24.9. The number of thiophene rings is 1. The van der Waals surface area contributed by atoms with Crippen LogP contribution in [-0.4, -0.2) is 25.1 Å². The van der Waals surface area contributed by atoms with Gasteiger partial charge in [0.05, 0.1) is 22.5 Å². The third kappa shape index (κ3) is 3.36. The maximum atomic E-state index is 12.7. The van der Waals surface area contributed by atoms with Crippen LogP contribution in [0.5, 0.6) is 0 Å². The molecule has 1 N–H and O–H groups in total. The van der Waals surface area contributed by atoms with E-state index in [1.54, 1.807) is 30.8 Å². The average molecular weight is 423 g/mol. The predicted molar refractivity (Wildman–Crippen MR) is 110 cm³/mol. The maximum Gasteiger partial charge on any atom is 0.277 e. The second kappa shape index (κ2) is 7.30. The van der Waals surface area contributed by atoms with Gasteiger partial charge in [-0.1, -0.05) is 11.8 Å². The van der Waals surface area contributed by atoms with Gasteiger partial charge in [-0.15, -0.1) is 21.5 Å². The molecular weight excluding hydrogens is 410 g/mol. The average Bonchev–Trinajstić information content (AvgIpc) is 3.49. The summed E-state index contributed by atoms with van der Waals surface area (Å²) in [7, 11) is 0. The number of thioether (sulfide) groups is 1. The Kier molecular flexibility index (Phi) is 4.49. The van der Waals surface area contributed by atoms with Crippen molar-refractivity contribution in [1.82, 2.24) is 25.1 Å². The summed E-state index contributed by atoms with van der Waals surface area (Å²) in [6.07, 6.45) is 4.92. The van der Waals surface area contributed by atoms with Crippen LogP contribution in [0.1, 0.15) is 18.0 Å². The number of hydrogen-bond donors (Lipinski definition) is 1. The summed E-state index contributed by atoms with van der Waals surface area (Å²) in [5.74, 6) is 1.58. The second-order valence-corrected chi connectivity index (χ2v) is 8.28. The number of furan rings is 1. The lowest BCUT2D eigenvalue weighted by atomic mass is 10.2. The van der Waals surface area contributed by atoms with Crippen LogP contribution in [0.2, 0.25) is 0 Å². The molecule has 0 amide bonds. The highest BCUT2D eigenvalue weighted by atomic mass is 32.2. The van der Waals surface area contributed by atoms with Crippen LogP contribution in [-0.2, 0) is 0 Å². The zero-order valence-electron chi connectivity index (χ0n) is 15.0. The number of pyridine rings is 1. The molecule has 144 valence electrons. The van der Waals surface area contributed by atoms with Crippen LogP contribution in [0.15, 0.2) is 67.2 Å². The monoisotopic (exact) mass is 423 g/mol. The Hall–Kier alpha value is -3.24. The summed E-state index contributed by atoms with van der Waals surface area (Å²) >= 11 is 2.73. The van der Waals surface area contributed by atoms with E-state index >= 15 is 0 Å². The van der Waals surface area contributed by atoms with Gasteiger partial charge in [-0.2, -0.15) is 0 Å². The topological polar surface area (TPSA) is 111 Å². The molecule has 0 bridgehead atoms. The fourth-order valence-electron chi connectivity index (χ4n) is 2.84. The molecule has 0 aliphatic carbocycles. The molecule has 0 aliphatic heterocycles. The first-order chi connectivity index (χ1) is 14.2. The fraction of sp³-hybridized carbons (Fsp3) is 0.105. The Bertz CT molecular complexity index is 1330. The lowest BCUT2D eigenvalue weighted by molar-refractivity contribution is 0.464. The third-order valence-electron chi connectivity index (χ3n) is 4.23. The lowest BCUT2D eigenvalue weighted by Gasteiger charge is -2.07. The van der Waals surface area contributed by atoms with Crippen molar-refractivity contribution in [3.63, 3.8) is 0 Å². The molecule has 5 heterocycles. The van der Waals surface area contributed by atoms with Gasteiger partial charge in [0, 0.05) is 23.3 Å². The minimum Gasteiger partial charge on any atom is -0.464 e. The molecule has 0 radical (unpaired) electrons. The summed E-state index contributed by atoms with van der Waals surface area (Å²) in [6.45, 7) is 1.92. The predicted octanol–water partition coefficient (Wildman–Crippen LogP) is 4.54. The SMILES string of the molecule is C[C@H](Sc1nnc(-c2cccnc2)o1)c1nc2scc(-c3ccco3)c2c(=O)[nH]1. The van der Waals surface area contributed by atoms with Crippen LogP contribution < -0.4 is 5.56 Å². The van der Waals surface area contributed by atoms with Gasteiger partial charge in [-0.25, -0.2) is 4.98 Å². The number of nitrogens with zero attached hydrogens (tertiary/aromatic N) is 4. The summed E-state index contributed by atoms with van der Waals surface area (Å²) in [6, 6.07) is 7.26. The first-order valence-electron chi connectivity index (χ1n) is 8.65.